The molecule has 1 aromatic carbocycles. The average Bonchev–Trinajstić information content (AvgIpc) is 2.73. The summed E-state index contributed by atoms with van der Waals surface area (Å²) in [5, 5.41) is 6.14. The highest BCUT2D eigenvalue weighted by atomic mass is 16.2. The molecule has 1 saturated heterocycles. The van der Waals surface area contributed by atoms with Gasteiger partial charge in [-0.2, -0.15) is 0 Å². The number of rotatable bonds is 4. The fourth-order valence-corrected chi connectivity index (χ4v) is 2.73. The van der Waals surface area contributed by atoms with E-state index in [1.807, 2.05) is 0 Å². The molecule has 1 heterocycles. The zero-order valence-corrected chi connectivity index (χ0v) is 10.7. The van der Waals surface area contributed by atoms with Gasteiger partial charge in [0, 0.05) is 19.6 Å². The molecule has 3 nitrogen and oxygen atoms in total. The third kappa shape index (κ3) is 2.41. The summed E-state index contributed by atoms with van der Waals surface area (Å²) < 4.78 is 0. The molecule has 0 bridgehead atoms. The van der Waals surface area contributed by atoms with E-state index in [4.69, 9.17) is 0 Å². The van der Waals surface area contributed by atoms with Gasteiger partial charge in [-0.05, 0) is 42.4 Å². The van der Waals surface area contributed by atoms with Gasteiger partial charge in [-0.25, -0.2) is 0 Å². The van der Waals surface area contributed by atoms with Crippen molar-refractivity contribution >= 4 is 5.91 Å². The van der Waals surface area contributed by atoms with Gasteiger partial charge < -0.3 is 10.6 Å². The van der Waals surface area contributed by atoms with E-state index in [-0.39, 0.29) is 11.8 Å². The minimum Gasteiger partial charge on any atom is -0.355 e. The Morgan fingerprint density at radius 3 is 2.89 bits per heavy atom. The molecular formula is C15H20N2O. The van der Waals surface area contributed by atoms with Gasteiger partial charge in [-0.15, -0.1) is 0 Å². The van der Waals surface area contributed by atoms with Gasteiger partial charge >= 0.3 is 0 Å². The molecule has 3 rings (SSSR count). The fourth-order valence-electron chi connectivity index (χ4n) is 2.73. The minimum atomic E-state index is 0.199. The number of aryl methyl sites for hydroxylation is 2. The quantitative estimate of drug-likeness (QED) is 0.831. The molecule has 1 amide bonds. The van der Waals surface area contributed by atoms with Crippen molar-refractivity contribution < 1.29 is 4.79 Å². The van der Waals surface area contributed by atoms with Crippen molar-refractivity contribution in [1.29, 1.82) is 0 Å². The number of benzene rings is 1. The number of nitrogens with one attached hydrogen (secondary N) is 2. The van der Waals surface area contributed by atoms with Crippen molar-refractivity contribution in [3.8, 4) is 0 Å². The standard InChI is InChI=1S/C15H20N2O/c18-15(14-9-16-10-14)17-7-6-11-4-5-12-2-1-3-13(12)8-11/h4-5,8,14,16H,1-3,6-7,9-10H2,(H,17,18). The van der Waals surface area contributed by atoms with Gasteiger partial charge in [0.2, 0.25) is 5.91 Å². The molecule has 1 aliphatic carbocycles. The lowest BCUT2D eigenvalue weighted by Crippen LogP contribution is -2.51. The Balaban J connectivity index is 1.49. The summed E-state index contributed by atoms with van der Waals surface area (Å²) >= 11 is 0. The van der Waals surface area contributed by atoms with Crippen LogP contribution in [-0.2, 0) is 24.1 Å². The van der Waals surface area contributed by atoms with Crippen LogP contribution in [0.15, 0.2) is 18.2 Å². The van der Waals surface area contributed by atoms with E-state index in [9.17, 15) is 4.79 Å². The first-order valence-electron chi connectivity index (χ1n) is 6.92. The van der Waals surface area contributed by atoms with Crippen molar-refractivity contribution in [3.63, 3.8) is 0 Å². The van der Waals surface area contributed by atoms with E-state index in [2.05, 4.69) is 28.8 Å². The zero-order chi connectivity index (χ0) is 12.4. The molecule has 18 heavy (non-hydrogen) atoms. The Bertz CT molecular complexity index is 452. The first kappa shape index (κ1) is 11.7. The number of fused-ring (bicyclic) bond motifs is 1. The summed E-state index contributed by atoms with van der Waals surface area (Å²) in [6.07, 6.45) is 4.70. The van der Waals surface area contributed by atoms with Crippen LogP contribution in [0.25, 0.3) is 0 Å². The van der Waals surface area contributed by atoms with E-state index in [1.54, 1.807) is 0 Å². The second-order valence-electron chi connectivity index (χ2n) is 5.35. The Morgan fingerprint density at radius 2 is 2.11 bits per heavy atom. The molecular weight excluding hydrogens is 224 g/mol. The highest BCUT2D eigenvalue weighted by Gasteiger charge is 2.24. The summed E-state index contributed by atoms with van der Waals surface area (Å²) in [4.78, 5) is 11.7. The predicted octanol–water partition coefficient (Wildman–Crippen LogP) is 1.05. The second kappa shape index (κ2) is 5.11. The number of carbonyl (C=O) groups excluding carboxylic acids is 1. The van der Waals surface area contributed by atoms with Gasteiger partial charge in [-0.3, -0.25) is 4.79 Å². The molecule has 2 N–H and O–H groups in total. The van der Waals surface area contributed by atoms with Gasteiger partial charge in [0.1, 0.15) is 0 Å². The molecule has 0 radical (unpaired) electrons. The predicted molar refractivity (Wildman–Crippen MR) is 71.5 cm³/mol. The summed E-state index contributed by atoms with van der Waals surface area (Å²) in [5.74, 6) is 0.403. The highest BCUT2D eigenvalue weighted by Crippen LogP contribution is 2.22. The molecule has 2 aliphatic rings. The summed E-state index contributed by atoms with van der Waals surface area (Å²) in [6, 6.07) is 6.79. The SMILES string of the molecule is O=C(NCCc1ccc2c(c1)CCC2)C1CNC1. The van der Waals surface area contributed by atoms with Crippen LogP contribution in [0, 0.1) is 5.92 Å². The van der Waals surface area contributed by atoms with E-state index in [0.29, 0.717) is 0 Å². The monoisotopic (exact) mass is 244 g/mol. The summed E-state index contributed by atoms with van der Waals surface area (Å²) in [7, 11) is 0. The maximum Gasteiger partial charge on any atom is 0.225 e. The van der Waals surface area contributed by atoms with Crippen molar-refractivity contribution in [3.05, 3.63) is 34.9 Å². The smallest absolute Gasteiger partial charge is 0.225 e. The number of hydrogen-bond acceptors (Lipinski definition) is 2. The van der Waals surface area contributed by atoms with E-state index in [0.717, 1.165) is 26.1 Å². The molecule has 3 heteroatoms. The van der Waals surface area contributed by atoms with E-state index < -0.39 is 0 Å². The molecule has 1 aliphatic heterocycles. The average molecular weight is 244 g/mol. The maximum absolute atomic E-state index is 11.7. The lowest BCUT2D eigenvalue weighted by atomic mass is 10.0. The van der Waals surface area contributed by atoms with Gasteiger partial charge in [0.15, 0.2) is 0 Å². The van der Waals surface area contributed by atoms with E-state index >= 15 is 0 Å². The molecule has 0 spiro atoms. The molecule has 0 atom stereocenters. The molecule has 0 aromatic heterocycles. The van der Waals surface area contributed by atoms with Gasteiger partial charge in [0.05, 0.1) is 5.92 Å². The molecule has 0 unspecified atom stereocenters. The summed E-state index contributed by atoms with van der Waals surface area (Å²) in [6.45, 7) is 2.43. The van der Waals surface area contributed by atoms with Crippen molar-refractivity contribution in [1.82, 2.24) is 10.6 Å². The molecule has 1 fully saturated rings. The van der Waals surface area contributed by atoms with Crippen LogP contribution in [0.2, 0.25) is 0 Å². The highest BCUT2D eigenvalue weighted by molar-refractivity contribution is 5.79. The van der Waals surface area contributed by atoms with Crippen LogP contribution in [0.1, 0.15) is 23.1 Å². The van der Waals surface area contributed by atoms with Crippen LogP contribution in [0.5, 0.6) is 0 Å². The fraction of sp³-hybridized carbons (Fsp3) is 0.533. The van der Waals surface area contributed by atoms with Crippen LogP contribution < -0.4 is 10.6 Å². The normalized spacial score (nSPS) is 18.2. The Kier molecular flexibility index (Phi) is 3.33. The van der Waals surface area contributed by atoms with Crippen molar-refractivity contribution in [2.75, 3.05) is 19.6 Å². The lowest BCUT2D eigenvalue weighted by Gasteiger charge is -2.25. The van der Waals surface area contributed by atoms with Crippen molar-refractivity contribution in [2.45, 2.75) is 25.7 Å². The maximum atomic E-state index is 11.7. The first-order valence-corrected chi connectivity index (χ1v) is 6.92. The van der Waals surface area contributed by atoms with Crippen molar-refractivity contribution in [2.24, 2.45) is 5.92 Å². The molecule has 96 valence electrons. The Hall–Kier alpha value is -1.35. The lowest BCUT2D eigenvalue weighted by molar-refractivity contribution is -0.126. The van der Waals surface area contributed by atoms with Crippen LogP contribution in [0.4, 0.5) is 0 Å². The van der Waals surface area contributed by atoms with Crippen LogP contribution in [0.3, 0.4) is 0 Å². The van der Waals surface area contributed by atoms with Crippen LogP contribution in [-0.4, -0.2) is 25.5 Å². The number of hydrogen-bond donors (Lipinski definition) is 2. The third-order valence-electron chi connectivity index (χ3n) is 4.03. The summed E-state index contributed by atoms with van der Waals surface area (Å²) in [5.41, 5.74) is 4.38. The zero-order valence-electron chi connectivity index (χ0n) is 10.7. The molecule has 1 aromatic rings. The Labute approximate surface area is 108 Å². The minimum absolute atomic E-state index is 0.199. The number of carbonyl (C=O) groups is 1. The molecule has 0 saturated carbocycles. The van der Waals surface area contributed by atoms with Gasteiger partial charge in [-0.1, -0.05) is 18.2 Å². The van der Waals surface area contributed by atoms with E-state index in [1.165, 1.54) is 36.0 Å². The topological polar surface area (TPSA) is 41.1 Å². The number of amides is 1. The second-order valence-corrected chi connectivity index (χ2v) is 5.35. The largest absolute Gasteiger partial charge is 0.355 e. The third-order valence-corrected chi connectivity index (χ3v) is 4.03. The Morgan fingerprint density at radius 1 is 1.28 bits per heavy atom. The first-order chi connectivity index (χ1) is 8.83. The van der Waals surface area contributed by atoms with Crippen LogP contribution >= 0.6 is 0 Å². The van der Waals surface area contributed by atoms with Gasteiger partial charge in [0.25, 0.3) is 0 Å².